The highest BCUT2D eigenvalue weighted by Gasteiger charge is 1.91. The van der Waals surface area contributed by atoms with Crippen LogP contribution in [0.1, 0.15) is 0 Å². The van der Waals surface area contributed by atoms with Gasteiger partial charge in [-0.25, -0.2) is 0 Å². The quantitative estimate of drug-likeness (QED) is 0.197. The molecule has 5 heteroatoms. The predicted molar refractivity (Wildman–Crippen MR) is 48.0 cm³/mol. The zero-order valence-electron chi connectivity index (χ0n) is 6.75. The van der Waals surface area contributed by atoms with Crippen LogP contribution in [0, 0.1) is 0 Å². The molecule has 0 aliphatic heterocycles. The van der Waals surface area contributed by atoms with E-state index in [2.05, 4.69) is 15.4 Å². The highest BCUT2D eigenvalue weighted by Crippen LogP contribution is 1.68. The molecule has 0 aromatic carbocycles. The summed E-state index contributed by atoms with van der Waals surface area (Å²) in [5, 5.41) is 6.56. The van der Waals surface area contributed by atoms with E-state index in [0.29, 0.717) is 13.1 Å². The summed E-state index contributed by atoms with van der Waals surface area (Å²) in [6, 6.07) is 0. The summed E-state index contributed by atoms with van der Waals surface area (Å²) >= 11 is 0. The number of nitrogens with one attached hydrogen (secondary N) is 1. The summed E-state index contributed by atoms with van der Waals surface area (Å²) in [4.78, 5) is 3.78. The molecule has 0 saturated heterocycles. The van der Waals surface area contributed by atoms with Crippen LogP contribution < -0.4 is 16.9 Å². The zero-order chi connectivity index (χ0) is 8.53. The van der Waals surface area contributed by atoms with Crippen LogP contribution in [0.4, 0.5) is 0 Å². The first-order chi connectivity index (χ1) is 5.35. The molecule has 64 valence electrons. The third-order valence-electron chi connectivity index (χ3n) is 1.07. The molecular weight excluding hydrogens is 142 g/mol. The summed E-state index contributed by atoms with van der Waals surface area (Å²) in [5.74, 6) is 5.07. The van der Waals surface area contributed by atoms with E-state index >= 15 is 0 Å². The van der Waals surface area contributed by atoms with E-state index in [1.54, 1.807) is 13.3 Å². The molecule has 0 rings (SSSR count). The lowest BCUT2D eigenvalue weighted by molar-refractivity contribution is 0.769. The summed E-state index contributed by atoms with van der Waals surface area (Å²) < 4.78 is 0. The molecule has 0 heterocycles. The molecule has 0 atom stereocenters. The molecule has 0 aromatic rings. The monoisotopic (exact) mass is 157 g/mol. The Morgan fingerprint density at radius 2 is 2.36 bits per heavy atom. The molecule has 5 N–H and O–H groups in total. The Hall–Kier alpha value is -0.940. The molecule has 0 aliphatic rings. The van der Waals surface area contributed by atoms with Crippen molar-refractivity contribution >= 4 is 11.9 Å². The van der Waals surface area contributed by atoms with E-state index in [9.17, 15) is 0 Å². The fourth-order valence-corrected chi connectivity index (χ4v) is 0.592. The average Bonchev–Trinajstić information content (AvgIpc) is 2.03. The Balaban J connectivity index is 3.54. The Bertz CT molecular complexity index is 140. The minimum atomic E-state index is 0.612. The number of hydrogen-bond acceptors (Lipinski definition) is 5. The van der Waals surface area contributed by atoms with Crippen LogP contribution in [-0.4, -0.2) is 38.6 Å². The molecule has 0 aromatic heterocycles. The van der Waals surface area contributed by atoms with Crippen LogP contribution in [0.5, 0.6) is 0 Å². The normalized spacial score (nSPS) is 12.7. The zero-order valence-corrected chi connectivity index (χ0v) is 6.75. The lowest BCUT2D eigenvalue weighted by atomic mass is 10.4. The Morgan fingerprint density at radius 1 is 1.64 bits per heavy atom. The lowest BCUT2D eigenvalue weighted by Gasteiger charge is -2.00. The highest BCUT2D eigenvalue weighted by molar-refractivity contribution is 6.31. The molecule has 0 fully saturated rings. The van der Waals surface area contributed by atoms with Gasteiger partial charge in [-0.05, 0) is 0 Å². The molecule has 0 bridgehead atoms. The van der Waals surface area contributed by atoms with Crippen LogP contribution in [-0.2, 0) is 0 Å². The van der Waals surface area contributed by atoms with Crippen LogP contribution in [0.2, 0.25) is 0 Å². The Morgan fingerprint density at radius 3 is 2.82 bits per heavy atom. The van der Waals surface area contributed by atoms with E-state index in [0.717, 1.165) is 12.3 Å². The molecule has 0 amide bonds. The number of aliphatic imine (C=N–C) groups is 1. The van der Waals surface area contributed by atoms with Gasteiger partial charge in [-0.15, -0.1) is 0 Å². The van der Waals surface area contributed by atoms with Crippen molar-refractivity contribution in [2.24, 2.45) is 21.7 Å². The van der Waals surface area contributed by atoms with Crippen molar-refractivity contribution in [3.8, 4) is 0 Å². The van der Waals surface area contributed by atoms with Gasteiger partial charge in [0.1, 0.15) is 0 Å². The van der Waals surface area contributed by atoms with Crippen molar-refractivity contribution in [3.63, 3.8) is 0 Å². The standard InChI is InChI=1S/C6H15N5/c1-9-4-6(11-8)5-10-3-2-7/h4,10H,2-3,5,7-8H2,1H3/b9-4?,11-6+. The maximum Gasteiger partial charge on any atom is 0.0915 e. The van der Waals surface area contributed by atoms with Gasteiger partial charge in [0, 0.05) is 32.9 Å². The van der Waals surface area contributed by atoms with E-state index in [1.807, 2.05) is 0 Å². The molecular formula is C6H15N5. The number of hydrogen-bond donors (Lipinski definition) is 3. The van der Waals surface area contributed by atoms with Crippen LogP contribution in [0.3, 0.4) is 0 Å². The second-order valence-corrected chi connectivity index (χ2v) is 1.97. The van der Waals surface area contributed by atoms with Crippen molar-refractivity contribution in [3.05, 3.63) is 0 Å². The van der Waals surface area contributed by atoms with Crippen molar-refractivity contribution < 1.29 is 0 Å². The largest absolute Gasteiger partial charge is 0.329 e. The SMILES string of the molecule is CN=C/C(CNCCN)=N\N. The van der Waals surface area contributed by atoms with Gasteiger partial charge in [0.2, 0.25) is 0 Å². The van der Waals surface area contributed by atoms with Gasteiger partial charge in [0.05, 0.1) is 5.71 Å². The van der Waals surface area contributed by atoms with Crippen molar-refractivity contribution in [2.45, 2.75) is 0 Å². The third kappa shape index (κ3) is 5.50. The topological polar surface area (TPSA) is 88.8 Å². The number of nitrogens with two attached hydrogens (primary N) is 2. The first kappa shape index (κ1) is 10.1. The first-order valence-corrected chi connectivity index (χ1v) is 3.44. The van der Waals surface area contributed by atoms with Crippen LogP contribution in [0.25, 0.3) is 0 Å². The van der Waals surface area contributed by atoms with Crippen molar-refractivity contribution in [2.75, 3.05) is 26.7 Å². The molecule has 0 aliphatic carbocycles. The first-order valence-electron chi connectivity index (χ1n) is 3.44. The third-order valence-corrected chi connectivity index (χ3v) is 1.07. The highest BCUT2D eigenvalue weighted by atomic mass is 15.1. The van der Waals surface area contributed by atoms with E-state index in [-0.39, 0.29) is 0 Å². The summed E-state index contributed by atoms with van der Waals surface area (Å²) in [5.41, 5.74) is 5.99. The van der Waals surface area contributed by atoms with E-state index in [4.69, 9.17) is 11.6 Å². The van der Waals surface area contributed by atoms with Crippen molar-refractivity contribution in [1.82, 2.24) is 5.32 Å². The average molecular weight is 157 g/mol. The van der Waals surface area contributed by atoms with Crippen molar-refractivity contribution in [1.29, 1.82) is 0 Å². The smallest absolute Gasteiger partial charge is 0.0915 e. The number of nitrogens with zero attached hydrogens (tertiary/aromatic N) is 2. The lowest BCUT2D eigenvalue weighted by Crippen LogP contribution is -2.29. The van der Waals surface area contributed by atoms with Gasteiger partial charge >= 0.3 is 0 Å². The van der Waals surface area contributed by atoms with Gasteiger partial charge in [-0.1, -0.05) is 0 Å². The minimum Gasteiger partial charge on any atom is -0.329 e. The second kappa shape index (κ2) is 7.17. The predicted octanol–water partition coefficient (Wildman–Crippen LogP) is -1.45. The van der Waals surface area contributed by atoms with Gasteiger partial charge in [-0.2, -0.15) is 5.10 Å². The Kier molecular flexibility index (Phi) is 6.56. The summed E-state index contributed by atoms with van der Waals surface area (Å²) in [6.07, 6.45) is 1.61. The molecule has 0 saturated carbocycles. The number of hydrazone groups is 1. The molecule has 0 radical (unpaired) electrons. The molecule has 0 spiro atoms. The second-order valence-electron chi connectivity index (χ2n) is 1.97. The minimum absolute atomic E-state index is 0.612. The van der Waals surface area contributed by atoms with Gasteiger partial charge in [0.25, 0.3) is 0 Å². The number of rotatable bonds is 5. The maximum atomic E-state index is 5.26. The van der Waals surface area contributed by atoms with E-state index in [1.165, 1.54) is 0 Å². The fourth-order valence-electron chi connectivity index (χ4n) is 0.592. The van der Waals surface area contributed by atoms with Gasteiger partial charge in [-0.3, -0.25) is 4.99 Å². The Labute approximate surface area is 66.6 Å². The van der Waals surface area contributed by atoms with Gasteiger partial charge in [0.15, 0.2) is 0 Å². The fraction of sp³-hybridized carbons (Fsp3) is 0.667. The molecule has 5 nitrogen and oxygen atoms in total. The molecule has 0 unspecified atom stereocenters. The van der Waals surface area contributed by atoms with Gasteiger partial charge < -0.3 is 16.9 Å². The van der Waals surface area contributed by atoms with E-state index < -0.39 is 0 Å². The summed E-state index contributed by atoms with van der Waals surface area (Å²) in [6.45, 7) is 1.99. The molecule has 11 heavy (non-hydrogen) atoms. The van der Waals surface area contributed by atoms with Crippen LogP contribution in [0.15, 0.2) is 10.1 Å². The maximum absolute atomic E-state index is 5.26. The summed E-state index contributed by atoms with van der Waals surface area (Å²) in [7, 11) is 1.67. The van der Waals surface area contributed by atoms with Crippen LogP contribution >= 0.6 is 0 Å².